The van der Waals surface area contributed by atoms with Gasteiger partial charge < -0.3 is 0 Å². The number of fused-ring (bicyclic) bond motifs is 1. The molecule has 1 heterocycles. The number of allylic oxidation sites excluding steroid dienone is 1. The van der Waals surface area contributed by atoms with Crippen LogP contribution in [-0.4, -0.2) is 16.6 Å². The van der Waals surface area contributed by atoms with Crippen molar-refractivity contribution in [1.82, 2.24) is 5.01 Å². The quantitative estimate of drug-likeness (QED) is 0.694. The van der Waals surface area contributed by atoms with Crippen LogP contribution >= 0.6 is 11.6 Å². The van der Waals surface area contributed by atoms with E-state index in [4.69, 9.17) is 16.7 Å². The fourth-order valence-corrected chi connectivity index (χ4v) is 4.28. The van der Waals surface area contributed by atoms with Crippen LogP contribution in [0.2, 0.25) is 5.02 Å². The monoisotopic (exact) mass is 364 g/mol. The molecule has 0 radical (unpaired) electrons. The van der Waals surface area contributed by atoms with Crippen LogP contribution < -0.4 is 0 Å². The molecule has 1 aliphatic heterocycles. The van der Waals surface area contributed by atoms with Gasteiger partial charge in [-0.05, 0) is 48.1 Å². The second-order valence-corrected chi connectivity index (χ2v) is 7.30. The number of hydrazone groups is 1. The number of carbonyl (C=O) groups excluding carboxylic acids is 1. The molecule has 2 aromatic carbocycles. The summed E-state index contributed by atoms with van der Waals surface area (Å²) in [7, 11) is 0. The van der Waals surface area contributed by atoms with Crippen LogP contribution in [0.5, 0.6) is 0 Å². The van der Waals surface area contributed by atoms with Crippen molar-refractivity contribution < 1.29 is 4.79 Å². The van der Waals surface area contributed by atoms with Crippen LogP contribution in [0.1, 0.15) is 43.4 Å². The normalized spacial score (nSPS) is 23.7. The van der Waals surface area contributed by atoms with Crippen molar-refractivity contribution in [3.8, 4) is 0 Å². The maximum Gasteiger partial charge on any atom is 0.240 e. The number of benzene rings is 2. The third-order valence-electron chi connectivity index (χ3n) is 5.19. The third-order valence-corrected chi connectivity index (χ3v) is 5.53. The molecule has 4 heteroatoms. The number of carbonyl (C=O) groups is 1. The molecule has 0 unspecified atom stereocenters. The Morgan fingerprint density at radius 2 is 1.88 bits per heavy atom. The minimum atomic E-state index is -0.115. The fourth-order valence-electron chi connectivity index (χ4n) is 4.04. The molecule has 1 amide bonds. The summed E-state index contributed by atoms with van der Waals surface area (Å²) < 4.78 is 0. The van der Waals surface area contributed by atoms with Gasteiger partial charge in [-0.3, -0.25) is 4.79 Å². The molecular weight excluding hydrogens is 344 g/mol. The van der Waals surface area contributed by atoms with E-state index in [1.165, 1.54) is 11.1 Å². The van der Waals surface area contributed by atoms with E-state index in [1.54, 1.807) is 11.9 Å². The Morgan fingerprint density at radius 3 is 2.62 bits per heavy atom. The lowest BCUT2D eigenvalue weighted by molar-refractivity contribution is -0.131. The SMILES string of the molecule is CC(=O)N1N=C2/C(=C\c3ccccc3)CCC[C@H]2[C@@H]1c1ccccc1Cl. The van der Waals surface area contributed by atoms with Gasteiger partial charge in [0, 0.05) is 17.9 Å². The maximum absolute atomic E-state index is 12.3. The first kappa shape index (κ1) is 17.0. The molecule has 4 rings (SSSR count). The summed E-state index contributed by atoms with van der Waals surface area (Å²) >= 11 is 6.47. The highest BCUT2D eigenvalue weighted by molar-refractivity contribution is 6.31. The van der Waals surface area contributed by atoms with Gasteiger partial charge in [-0.2, -0.15) is 5.10 Å². The van der Waals surface area contributed by atoms with Crippen molar-refractivity contribution in [3.05, 3.63) is 76.3 Å². The molecule has 1 saturated carbocycles. The third kappa shape index (κ3) is 3.08. The Labute approximate surface area is 159 Å². The van der Waals surface area contributed by atoms with Gasteiger partial charge >= 0.3 is 0 Å². The highest BCUT2D eigenvalue weighted by Crippen LogP contribution is 2.45. The number of rotatable bonds is 2. The van der Waals surface area contributed by atoms with Crippen LogP contribution in [0, 0.1) is 5.92 Å². The molecule has 2 atom stereocenters. The molecule has 0 spiro atoms. The highest BCUT2D eigenvalue weighted by atomic mass is 35.5. The number of hydrogen-bond donors (Lipinski definition) is 0. The summed E-state index contributed by atoms with van der Waals surface area (Å²) in [5.41, 5.74) is 4.42. The van der Waals surface area contributed by atoms with Gasteiger partial charge in [0.25, 0.3) is 0 Å². The molecule has 0 saturated heterocycles. The Kier molecular flexibility index (Phi) is 4.64. The lowest BCUT2D eigenvalue weighted by Crippen LogP contribution is -2.30. The van der Waals surface area contributed by atoms with Crippen molar-refractivity contribution in [3.63, 3.8) is 0 Å². The van der Waals surface area contributed by atoms with E-state index in [1.807, 2.05) is 42.5 Å². The zero-order valence-corrected chi connectivity index (χ0v) is 15.5. The highest BCUT2D eigenvalue weighted by Gasteiger charge is 2.43. The lowest BCUT2D eigenvalue weighted by atomic mass is 9.77. The average molecular weight is 365 g/mol. The van der Waals surface area contributed by atoms with Crippen LogP contribution in [0.25, 0.3) is 6.08 Å². The standard InChI is InChI=1S/C22H21ClN2O/c1-15(26)25-22(18-11-5-6-13-20(18)23)19-12-7-10-17(21(19)24-25)14-16-8-3-2-4-9-16/h2-6,8-9,11,13-14,19,22H,7,10,12H2,1H3/b17-14-/t19-,22+/m1/s1. The molecule has 2 aromatic rings. The van der Waals surface area contributed by atoms with E-state index in [2.05, 4.69) is 18.2 Å². The Hall–Kier alpha value is -2.39. The van der Waals surface area contributed by atoms with Gasteiger partial charge in [-0.1, -0.05) is 60.1 Å². The molecule has 0 N–H and O–H groups in total. The van der Waals surface area contributed by atoms with Crippen molar-refractivity contribution >= 4 is 29.3 Å². The molecule has 26 heavy (non-hydrogen) atoms. The maximum atomic E-state index is 12.3. The number of nitrogens with zero attached hydrogens (tertiary/aromatic N) is 2. The van der Waals surface area contributed by atoms with E-state index in [-0.39, 0.29) is 17.9 Å². The number of hydrogen-bond acceptors (Lipinski definition) is 2. The topological polar surface area (TPSA) is 32.7 Å². The molecule has 2 aliphatic rings. The summed E-state index contributed by atoms with van der Waals surface area (Å²) in [6, 6.07) is 18.0. The number of amides is 1. The second kappa shape index (κ2) is 7.08. The first-order chi connectivity index (χ1) is 12.6. The Bertz CT molecular complexity index is 888. The Balaban J connectivity index is 1.76. The molecular formula is C22H21ClN2O. The molecule has 1 aliphatic carbocycles. The van der Waals surface area contributed by atoms with E-state index < -0.39 is 0 Å². The first-order valence-electron chi connectivity index (χ1n) is 9.04. The molecule has 1 fully saturated rings. The van der Waals surface area contributed by atoms with E-state index >= 15 is 0 Å². The van der Waals surface area contributed by atoms with Gasteiger partial charge in [0.05, 0.1) is 11.8 Å². The van der Waals surface area contributed by atoms with Crippen molar-refractivity contribution in [2.75, 3.05) is 0 Å². The summed E-state index contributed by atoms with van der Waals surface area (Å²) in [6.07, 6.45) is 5.31. The molecule has 3 nitrogen and oxygen atoms in total. The van der Waals surface area contributed by atoms with Crippen LogP contribution in [0.4, 0.5) is 0 Å². The minimum Gasteiger partial charge on any atom is -0.273 e. The first-order valence-corrected chi connectivity index (χ1v) is 9.41. The zero-order chi connectivity index (χ0) is 18.1. The van der Waals surface area contributed by atoms with Crippen molar-refractivity contribution in [2.24, 2.45) is 11.0 Å². The summed E-state index contributed by atoms with van der Waals surface area (Å²) in [6.45, 7) is 1.58. The predicted molar refractivity (Wildman–Crippen MR) is 106 cm³/mol. The summed E-state index contributed by atoms with van der Waals surface area (Å²) in [5.74, 6) is 0.151. The van der Waals surface area contributed by atoms with E-state index in [0.29, 0.717) is 5.02 Å². The van der Waals surface area contributed by atoms with Crippen molar-refractivity contribution in [2.45, 2.75) is 32.2 Å². The van der Waals surface area contributed by atoms with Crippen LogP contribution in [0.15, 0.2) is 65.3 Å². The molecule has 0 aromatic heterocycles. The fraction of sp³-hybridized carbons (Fsp3) is 0.273. The smallest absolute Gasteiger partial charge is 0.240 e. The molecule has 132 valence electrons. The van der Waals surface area contributed by atoms with Crippen LogP contribution in [-0.2, 0) is 4.79 Å². The van der Waals surface area contributed by atoms with E-state index in [0.717, 1.165) is 30.5 Å². The predicted octanol–water partition coefficient (Wildman–Crippen LogP) is 5.48. The van der Waals surface area contributed by atoms with Crippen molar-refractivity contribution in [1.29, 1.82) is 0 Å². The second-order valence-electron chi connectivity index (χ2n) is 6.89. The van der Waals surface area contributed by atoms with Crippen LogP contribution in [0.3, 0.4) is 0 Å². The zero-order valence-electron chi connectivity index (χ0n) is 14.7. The van der Waals surface area contributed by atoms with Gasteiger partial charge in [-0.15, -0.1) is 0 Å². The number of halogens is 1. The summed E-state index contributed by atoms with van der Waals surface area (Å²) in [5, 5.41) is 7.08. The van der Waals surface area contributed by atoms with Gasteiger partial charge in [0.2, 0.25) is 5.91 Å². The average Bonchev–Trinajstić information content (AvgIpc) is 3.04. The van der Waals surface area contributed by atoms with Gasteiger partial charge in [0.1, 0.15) is 0 Å². The van der Waals surface area contributed by atoms with Gasteiger partial charge in [0.15, 0.2) is 0 Å². The molecule has 0 bridgehead atoms. The Morgan fingerprint density at radius 1 is 1.15 bits per heavy atom. The minimum absolute atomic E-state index is 0.0455. The van der Waals surface area contributed by atoms with E-state index in [9.17, 15) is 4.79 Å². The lowest BCUT2D eigenvalue weighted by Gasteiger charge is -2.29. The van der Waals surface area contributed by atoms with Gasteiger partial charge in [-0.25, -0.2) is 5.01 Å². The largest absolute Gasteiger partial charge is 0.273 e. The summed E-state index contributed by atoms with van der Waals surface area (Å²) in [4.78, 5) is 12.3.